The number of methoxy groups -OCH3 is 1. The van der Waals surface area contributed by atoms with Crippen molar-refractivity contribution < 1.29 is 47.2 Å². The largest absolute Gasteiger partial charge is 0.497 e. The molecule has 0 atom stereocenters. The molecule has 3 N–H and O–H groups in total. The molecule has 0 bridgehead atoms. The summed E-state index contributed by atoms with van der Waals surface area (Å²) in [6.07, 6.45) is -5.08. The normalized spacial score (nSPS) is 16.1. The molecule has 2 fully saturated rings. The van der Waals surface area contributed by atoms with Crippen molar-refractivity contribution in [1.29, 1.82) is 0 Å². The lowest BCUT2D eigenvalue weighted by Crippen LogP contribution is -2.53. The molecular weight excluding hydrogens is 575 g/mol. The smallest absolute Gasteiger partial charge is 0.490 e. The van der Waals surface area contributed by atoms with Gasteiger partial charge in [0.2, 0.25) is 5.91 Å². The fourth-order valence-corrected chi connectivity index (χ4v) is 4.20. The number of hydrogen-bond acceptors (Lipinski definition) is 7. The number of nitrogens with one attached hydrogen (secondary N) is 1. The molecule has 234 valence electrons. The number of aliphatic imine (C=N–C) groups is 1. The second kappa shape index (κ2) is 15.7. The number of carbonyl (C=O) groups is 3. The summed E-state index contributed by atoms with van der Waals surface area (Å²) in [7, 11) is 1.64. The molecule has 0 unspecified atom stereocenters. The van der Waals surface area contributed by atoms with Crippen molar-refractivity contribution in [3.05, 3.63) is 59.7 Å². The molecule has 0 aromatic heterocycles. The second-order valence-corrected chi connectivity index (χ2v) is 9.56. The van der Waals surface area contributed by atoms with Crippen molar-refractivity contribution in [2.45, 2.75) is 12.7 Å². The Hall–Kier alpha value is -4.37. The van der Waals surface area contributed by atoms with E-state index in [1.807, 2.05) is 29.2 Å². The number of aliphatic carboxylic acids is 1. The van der Waals surface area contributed by atoms with Crippen LogP contribution < -0.4 is 10.1 Å². The molecule has 15 heteroatoms. The fourth-order valence-electron chi connectivity index (χ4n) is 4.20. The van der Waals surface area contributed by atoms with Gasteiger partial charge in [-0.1, -0.05) is 12.1 Å². The number of morpholine rings is 1. The number of piperazine rings is 1. The van der Waals surface area contributed by atoms with Crippen LogP contribution in [-0.2, 0) is 20.9 Å². The van der Waals surface area contributed by atoms with E-state index >= 15 is 0 Å². The van der Waals surface area contributed by atoms with Gasteiger partial charge in [0.15, 0.2) is 5.96 Å². The summed E-state index contributed by atoms with van der Waals surface area (Å²) >= 11 is 0. The van der Waals surface area contributed by atoms with Gasteiger partial charge in [0.25, 0.3) is 0 Å². The maximum absolute atomic E-state index is 12.6. The van der Waals surface area contributed by atoms with E-state index in [-0.39, 0.29) is 11.5 Å². The summed E-state index contributed by atoms with van der Waals surface area (Å²) in [4.78, 5) is 43.8. The molecule has 4 rings (SSSR count). The number of carbonyl (C=O) groups excluding carboxylic acids is 1. The Kier molecular flexibility index (Phi) is 12.1. The molecule has 0 aliphatic carbocycles. The van der Waals surface area contributed by atoms with E-state index < -0.39 is 18.1 Å². The minimum atomic E-state index is -5.08. The van der Waals surface area contributed by atoms with Gasteiger partial charge in [-0.15, -0.1) is 0 Å². The minimum absolute atomic E-state index is 0.148. The summed E-state index contributed by atoms with van der Waals surface area (Å²) in [5.41, 5.74) is 2.01. The van der Waals surface area contributed by atoms with Crippen molar-refractivity contribution in [1.82, 2.24) is 14.7 Å². The number of benzene rings is 2. The van der Waals surface area contributed by atoms with Crippen LogP contribution in [0.4, 0.5) is 18.9 Å². The molecule has 2 saturated heterocycles. The van der Waals surface area contributed by atoms with Gasteiger partial charge in [-0.25, -0.2) is 14.6 Å². The van der Waals surface area contributed by atoms with Crippen molar-refractivity contribution in [2.24, 2.45) is 4.99 Å². The van der Waals surface area contributed by atoms with E-state index in [1.54, 1.807) is 31.4 Å². The van der Waals surface area contributed by atoms with E-state index in [0.29, 0.717) is 58.4 Å². The summed E-state index contributed by atoms with van der Waals surface area (Å²) in [6.45, 7) is 6.31. The average molecular weight is 610 g/mol. The zero-order valence-electron chi connectivity index (χ0n) is 23.5. The van der Waals surface area contributed by atoms with Gasteiger partial charge >= 0.3 is 18.1 Å². The summed E-state index contributed by atoms with van der Waals surface area (Å²) in [5, 5.41) is 19.7. The van der Waals surface area contributed by atoms with Crippen molar-refractivity contribution in [3.8, 4) is 5.75 Å². The first kappa shape index (κ1) is 33.1. The number of halogens is 3. The van der Waals surface area contributed by atoms with Crippen LogP contribution in [0.2, 0.25) is 0 Å². The SMILES string of the molecule is COc1cccc(CN=C(Nc2ccc(C(=O)O)cc2)N2CCN(CC(=O)N3CCOCC3)CC2)c1.O=C(O)C(F)(F)F. The van der Waals surface area contributed by atoms with Gasteiger partial charge in [-0.2, -0.15) is 13.2 Å². The van der Waals surface area contributed by atoms with Gasteiger partial charge in [0, 0.05) is 45.0 Å². The predicted octanol–water partition coefficient (Wildman–Crippen LogP) is 2.47. The molecular formula is C28H34F3N5O7. The molecule has 12 nitrogen and oxygen atoms in total. The van der Waals surface area contributed by atoms with E-state index in [4.69, 9.17) is 24.4 Å². The monoisotopic (exact) mass is 609 g/mol. The molecule has 2 heterocycles. The number of guanidine groups is 1. The van der Waals surface area contributed by atoms with Gasteiger partial charge < -0.3 is 34.8 Å². The van der Waals surface area contributed by atoms with Crippen molar-refractivity contribution in [3.63, 3.8) is 0 Å². The van der Waals surface area contributed by atoms with Crippen LogP contribution in [0, 0.1) is 0 Å². The number of carboxylic acids is 2. The Morgan fingerprint density at radius 2 is 1.58 bits per heavy atom. The maximum Gasteiger partial charge on any atom is 0.490 e. The Morgan fingerprint density at radius 3 is 2.14 bits per heavy atom. The van der Waals surface area contributed by atoms with E-state index in [2.05, 4.69) is 15.1 Å². The highest BCUT2D eigenvalue weighted by atomic mass is 19.4. The molecule has 2 aromatic carbocycles. The molecule has 43 heavy (non-hydrogen) atoms. The van der Waals surface area contributed by atoms with Gasteiger partial charge in [-0.05, 0) is 42.0 Å². The number of aromatic carboxylic acids is 1. The van der Waals surface area contributed by atoms with Crippen molar-refractivity contribution >= 4 is 29.5 Å². The molecule has 2 aliphatic rings. The Morgan fingerprint density at radius 1 is 0.953 bits per heavy atom. The predicted molar refractivity (Wildman–Crippen MR) is 150 cm³/mol. The molecule has 2 aliphatic heterocycles. The number of alkyl halides is 3. The van der Waals surface area contributed by atoms with E-state index in [9.17, 15) is 27.9 Å². The Bertz CT molecular complexity index is 1260. The lowest BCUT2D eigenvalue weighted by molar-refractivity contribution is -0.192. The third kappa shape index (κ3) is 10.8. The Labute approximate surface area is 246 Å². The van der Waals surface area contributed by atoms with Crippen molar-refractivity contribution in [2.75, 3.05) is 71.5 Å². The summed E-state index contributed by atoms with van der Waals surface area (Å²) in [5.74, 6) is -2.08. The number of anilines is 1. The van der Waals surface area contributed by atoms with Crippen LogP contribution in [0.1, 0.15) is 15.9 Å². The number of hydrogen-bond donors (Lipinski definition) is 3. The zero-order valence-corrected chi connectivity index (χ0v) is 23.5. The first-order valence-corrected chi connectivity index (χ1v) is 13.4. The van der Waals surface area contributed by atoms with E-state index in [1.165, 1.54) is 0 Å². The molecule has 0 spiro atoms. The number of rotatable bonds is 7. The highest BCUT2D eigenvalue weighted by Gasteiger charge is 2.38. The topological polar surface area (TPSA) is 144 Å². The number of ether oxygens (including phenoxy) is 2. The Balaban J connectivity index is 0.000000646. The number of amides is 1. The third-order valence-electron chi connectivity index (χ3n) is 6.57. The van der Waals surface area contributed by atoms with Crippen LogP contribution in [0.25, 0.3) is 0 Å². The number of carboxylic acid groups (broad SMARTS) is 2. The van der Waals surface area contributed by atoms with Crippen LogP contribution in [0.3, 0.4) is 0 Å². The maximum atomic E-state index is 12.6. The highest BCUT2D eigenvalue weighted by Crippen LogP contribution is 2.16. The van der Waals surface area contributed by atoms with Gasteiger partial charge in [-0.3, -0.25) is 9.69 Å². The molecule has 0 radical (unpaired) electrons. The summed E-state index contributed by atoms with van der Waals surface area (Å²) in [6, 6.07) is 14.4. The number of nitrogens with zero attached hydrogens (tertiary/aromatic N) is 4. The highest BCUT2D eigenvalue weighted by molar-refractivity contribution is 5.94. The first-order chi connectivity index (χ1) is 20.5. The van der Waals surface area contributed by atoms with Gasteiger partial charge in [0.05, 0.1) is 39.0 Å². The van der Waals surface area contributed by atoms with Gasteiger partial charge in [0.1, 0.15) is 5.75 Å². The zero-order chi connectivity index (χ0) is 31.4. The standard InChI is InChI=1S/C26H33N5O5.C2HF3O2/c1-35-23-4-2-3-20(17-23)18-27-26(28-22-7-5-21(6-8-22)25(33)34)31-11-9-29(10-12-31)19-24(32)30-13-15-36-16-14-30;3-2(4,5)1(6)7/h2-8,17H,9-16,18-19H2,1H3,(H,27,28)(H,33,34);(H,6,7). The van der Waals surface area contributed by atoms with Crippen LogP contribution in [0.5, 0.6) is 5.75 Å². The quantitative estimate of drug-likeness (QED) is 0.316. The van der Waals surface area contributed by atoms with Crippen LogP contribution in [-0.4, -0.2) is 121 Å². The summed E-state index contributed by atoms with van der Waals surface area (Å²) < 4.78 is 42.4. The molecule has 2 aromatic rings. The lowest BCUT2D eigenvalue weighted by Gasteiger charge is -2.37. The second-order valence-electron chi connectivity index (χ2n) is 9.56. The average Bonchev–Trinajstić information content (AvgIpc) is 3.00. The van der Waals surface area contributed by atoms with Crippen LogP contribution in [0.15, 0.2) is 53.5 Å². The van der Waals surface area contributed by atoms with E-state index in [0.717, 1.165) is 30.1 Å². The lowest BCUT2D eigenvalue weighted by atomic mass is 10.2. The van der Waals surface area contributed by atoms with Crippen LogP contribution >= 0.6 is 0 Å². The first-order valence-electron chi connectivity index (χ1n) is 13.4. The molecule has 0 saturated carbocycles. The molecule has 1 amide bonds. The third-order valence-corrected chi connectivity index (χ3v) is 6.57. The minimum Gasteiger partial charge on any atom is -0.497 e. The fraction of sp³-hybridized carbons (Fsp3) is 0.429.